The van der Waals surface area contributed by atoms with Crippen LogP contribution >= 0.6 is 11.8 Å². The molecule has 1 aliphatic rings. The standard InChI is InChI=1S/C25H19F4N3O2S/c26-18-11-9-16(10-12-18)15-32-23(34)21(35-24(32)31-19-6-2-1-3-7-19)14-22(33)30-20-8-4-5-17(13-20)25(27,28)29/h1-13,21H,14-15H2,(H,30,33)/t21-/m0/s1. The van der Waals surface area contributed by atoms with E-state index in [4.69, 9.17) is 0 Å². The molecule has 2 amide bonds. The number of amides is 2. The first-order valence-electron chi connectivity index (χ1n) is 10.5. The highest BCUT2D eigenvalue weighted by atomic mass is 32.2. The molecule has 10 heteroatoms. The molecule has 1 N–H and O–H groups in total. The van der Waals surface area contributed by atoms with Gasteiger partial charge in [0.25, 0.3) is 0 Å². The summed E-state index contributed by atoms with van der Waals surface area (Å²) in [6.45, 7) is 0.128. The van der Waals surface area contributed by atoms with Crippen LogP contribution in [0.4, 0.5) is 28.9 Å². The maximum atomic E-state index is 13.3. The summed E-state index contributed by atoms with van der Waals surface area (Å²) in [6, 6.07) is 18.9. The second kappa shape index (κ2) is 10.3. The van der Waals surface area contributed by atoms with Gasteiger partial charge in [0.1, 0.15) is 11.1 Å². The monoisotopic (exact) mass is 501 g/mol. The number of hydrogen-bond donors (Lipinski definition) is 1. The molecule has 1 atom stereocenters. The van der Waals surface area contributed by atoms with E-state index < -0.39 is 28.7 Å². The molecular weight excluding hydrogens is 482 g/mol. The average Bonchev–Trinajstić information content (AvgIpc) is 3.09. The van der Waals surface area contributed by atoms with E-state index in [0.29, 0.717) is 16.4 Å². The number of halogens is 4. The Hall–Kier alpha value is -3.66. The van der Waals surface area contributed by atoms with Crippen LogP contribution in [0.15, 0.2) is 83.9 Å². The molecule has 35 heavy (non-hydrogen) atoms. The van der Waals surface area contributed by atoms with Crippen LogP contribution in [0.5, 0.6) is 0 Å². The van der Waals surface area contributed by atoms with E-state index in [1.54, 1.807) is 36.4 Å². The molecule has 1 fully saturated rings. The predicted molar refractivity (Wildman–Crippen MR) is 127 cm³/mol. The molecule has 0 saturated carbocycles. The minimum Gasteiger partial charge on any atom is -0.326 e. The van der Waals surface area contributed by atoms with Crippen molar-refractivity contribution in [2.75, 3.05) is 5.32 Å². The van der Waals surface area contributed by atoms with Crippen LogP contribution < -0.4 is 5.32 Å². The first kappa shape index (κ1) is 24.5. The fourth-order valence-corrected chi connectivity index (χ4v) is 4.57. The van der Waals surface area contributed by atoms with Gasteiger partial charge in [0.15, 0.2) is 5.17 Å². The van der Waals surface area contributed by atoms with Gasteiger partial charge in [-0.15, -0.1) is 0 Å². The number of para-hydroxylation sites is 1. The van der Waals surface area contributed by atoms with E-state index in [0.717, 1.165) is 23.9 Å². The molecule has 0 radical (unpaired) electrons. The van der Waals surface area contributed by atoms with Crippen molar-refractivity contribution in [1.29, 1.82) is 0 Å². The minimum atomic E-state index is -4.54. The van der Waals surface area contributed by atoms with Crippen molar-refractivity contribution in [3.05, 3.63) is 95.8 Å². The smallest absolute Gasteiger partial charge is 0.326 e. The van der Waals surface area contributed by atoms with Gasteiger partial charge < -0.3 is 5.32 Å². The number of rotatable bonds is 6. The Kier molecular flexibility index (Phi) is 7.20. The third-order valence-corrected chi connectivity index (χ3v) is 6.27. The van der Waals surface area contributed by atoms with Gasteiger partial charge in [-0.3, -0.25) is 14.5 Å². The van der Waals surface area contributed by atoms with Crippen molar-refractivity contribution in [2.45, 2.75) is 24.4 Å². The van der Waals surface area contributed by atoms with Crippen LogP contribution in [0.25, 0.3) is 0 Å². The van der Waals surface area contributed by atoms with Crippen LogP contribution in [0.1, 0.15) is 17.5 Å². The van der Waals surface area contributed by atoms with Gasteiger partial charge in [-0.05, 0) is 48.0 Å². The Bertz CT molecular complexity index is 1250. The zero-order valence-electron chi connectivity index (χ0n) is 18.1. The zero-order chi connectivity index (χ0) is 25.0. The lowest BCUT2D eigenvalue weighted by molar-refractivity contribution is -0.137. The highest BCUT2D eigenvalue weighted by Crippen LogP contribution is 2.34. The van der Waals surface area contributed by atoms with E-state index in [-0.39, 0.29) is 24.6 Å². The molecule has 0 aliphatic carbocycles. The second-order valence-corrected chi connectivity index (χ2v) is 8.89. The van der Waals surface area contributed by atoms with Crippen LogP contribution in [0.2, 0.25) is 0 Å². The number of thioether (sulfide) groups is 1. The van der Waals surface area contributed by atoms with Crippen LogP contribution in [0.3, 0.4) is 0 Å². The number of nitrogens with zero attached hydrogens (tertiary/aromatic N) is 2. The molecule has 1 aliphatic heterocycles. The Morgan fingerprint density at radius 1 is 1.00 bits per heavy atom. The lowest BCUT2D eigenvalue weighted by Crippen LogP contribution is -2.33. The third kappa shape index (κ3) is 6.27. The quantitative estimate of drug-likeness (QED) is 0.421. The first-order chi connectivity index (χ1) is 16.7. The number of hydrogen-bond acceptors (Lipinski definition) is 4. The van der Waals surface area contributed by atoms with Gasteiger partial charge >= 0.3 is 6.18 Å². The molecule has 0 spiro atoms. The number of alkyl halides is 3. The van der Waals surface area contributed by atoms with Crippen molar-refractivity contribution in [1.82, 2.24) is 4.90 Å². The van der Waals surface area contributed by atoms with Crippen molar-refractivity contribution in [3.63, 3.8) is 0 Å². The molecule has 3 aromatic rings. The maximum absolute atomic E-state index is 13.3. The minimum absolute atomic E-state index is 0.0124. The number of nitrogens with one attached hydrogen (secondary N) is 1. The highest BCUT2D eigenvalue weighted by molar-refractivity contribution is 8.15. The largest absolute Gasteiger partial charge is 0.416 e. The molecular formula is C25H19F4N3O2S. The summed E-state index contributed by atoms with van der Waals surface area (Å²) in [5.74, 6) is -1.37. The lowest BCUT2D eigenvalue weighted by atomic mass is 10.1. The van der Waals surface area contributed by atoms with Crippen molar-refractivity contribution >= 4 is 40.1 Å². The van der Waals surface area contributed by atoms with Crippen molar-refractivity contribution < 1.29 is 27.2 Å². The Labute approximate surface area is 202 Å². The maximum Gasteiger partial charge on any atom is 0.416 e. The summed E-state index contributed by atoms with van der Waals surface area (Å²) in [5.41, 5.74) is 0.391. The normalized spacial score (nSPS) is 17.1. The van der Waals surface area contributed by atoms with E-state index in [1.165, 1.54) is 29.2 Å². The summed E-state index contributed by atoms with van der Waals surface area (Å²) in [4.78, 5) is 31.7. The highest BCUT2D eigenvalue weighted by Gasteiger charge is 2.39. The molecule has 0 aromatic heterocycles. The summed E-state index contributed by atoms with van der Waals surface area (Å²) < 4.78 is 52.2. The average molecular weight is 502 g/mol. The summed E-state index contributed by atoms with van der Waals surface area (Å²) in [5, 5.41) is 1.99. The molecule has 5 nitrogen and oxygen atoms in total. The number of benzene rings is 3. The fraction of sp³-hybridized carbons (Fsp3) is 0.160. The number of anilines is 1. The number of aliphatic imine (C=N–C) groups is 1. The third-order valence-electron chi connectivity index (χ3n) is 5.10. The van der Waals surface area contributed by atoms with Gasteiger partial charge in [-0.1, -0.05) is 48.2 Å². The molecule has 1 heterocycles. The first-order valence-corrected chi connectivity index (χ1v) is 11.4. The molecule has 4 rings (SSSR count). The topological polar surface area (TPSA) is 61.8 Å². The van der Waals surface area contributed by atoms with E-state index in [9.17, 15) is 27.2 Å². The SMILES string of the molecule is O=C(C[C@@H]1SC(=Nc2ccccc2)N(Cc2ccc(F)cc2)C1=O)Nc1cccc(C(F)(F)F)c1. The van der Waals surface area contributed by atoms with Crippen molar-refractivity contribution in [2.24, 2.45) is 4.99 Å². The number of amidine groups is 1. The van der Waals surface area contributed by atoms with E-state index in [1.807, 2.05) is 6.07 Å². The Morgan fingerprint density at radius 2 is 1.71 bits per heavy atom. The van der Waals surface area contributed by atoms with Gasteiger partial charge in [-0.2, -0.15) is 13.2 Å². The molecule has 0 bridgehead atoms. The molecule has 3 aromatic carbocycles. The summed E-state index contributed by atoms with van der Waals surface area (Å²) >= 11 is 1.10. The molecule has 0 unspecified atom stereocenters. The fourth-order valence-electron chi connectivity index (χ4n) is 3.41. The van der Waals surface area contributed by atoms with Crippen LogP contribution in [-0.4, -0.2) is 27.1 Å². The summed E-state index contributed by atoms with van der Waals surface area (Å²) in [6.07, 6.45) is -4.80. The van der Waals surface area contributed by atoms with Gasteiger partial charge in [0, 0.05) is 12.1 Å². The second-order valence-electron chi connectivity index (χ2n) is 7.72. The zero-order valence-corrected chi connectivity index (χ0v) is 18.9. The van der Waals surface area contributed by atoms with Crippen molar-refractivity contribution in [3.8, 4) is 0 Å². The van der Waals surface area contributed by atoms with Gasteiger partial charge in [0.05, 0.1) is 17.8 Å². The molecule has 180 valence electrons. The van der Waals surface area contributed by atoms with E-state index >= 15 is 0 Å². The lowest BCUT2D eigenvalue weighted by Gasteiger charge is -2.16. The summed E-state index contributed by atoms with van der Waals surface area (Å²) in [7, 11) is 0. The number of carbonyl (C=O) groups is 2. The van der Waals surface area contributed by atoms with Gasteiger partial charge in [-0.25, -0.2) is 9.38 Å². The van der Waals surface area contributed by atoms with Gasteiger partial charge in [0.2, 0.25) is 11.8 Å². The molecule has 1 saturated heterocycles. The Balaban J connectivity index is 1.52. The Morgan fingerprint density at radius 3 is 2.40 bits per heavy atom. The van der Waals surface area contributed by atoms with E-state index in [2.05, 4.69) is 10.3 Å². The predicted octanol–water partition coefficient (Wildman–Crippen LogP) is 6.01. The van der Waals surface area contributed by atoms with Crippen LogP contribution in [-0.2, 0) is 22.3 Å². The number of carbonyl (C=O) groups excluding carboxylic acids is 2. The van der Waals surface area contributed by atoms with Crippen LogP contribution in [0, 0.1) is 5.82 Å².